The van der Waals surface area contributed by atoms with Crippen LogP contribution in [0.5, 0.6) is 0 Å². The molecular weight excluding hydrogens is 429 g/mol. The molecule has 1 N–H and O–H groups in total. The molecule has 5 heteroatoms. The lowest BCUT2D eigenvalue weighted by Crippen LogP contribution is -2.45. The minimum absolute atomic E-state index is 0.110. The number of benzene rings is 3. The first-order valence-corrected chi connectivity index (χ1v) is 13.7. The van der Waals surface area contributed by atoms with Crippen LogP contribution >= 0.6 is 7.60 Å². The summed E-state index contributed by atoms with van der Waals surface area (Å²) in [5.74, 6) is 0. The number of hydrogen-bond acceptors (Lipinski definition) is 4. The summed E-state index contributed by atoms with van der Waals surface area (Å²) in [5.41, 5.74) is 2.49. The van der Waals surface area contributed by atoms with Crippen molar-refractivity contribution in [1.82, 2.24) is 5.32 Å². The van der Waals surface area contributed by atoms with Gasteiger partial charge in [-0.3, -0.25) is 9.88 Å². The Morgan fingerprint density at radius 3 is 1.36 bits per heavy atom. The molecule has 0 fully saturated rings. The van der Waals surface area contributed by atoms with E-state index in [1.165, 1.54) is 0 Å². The highest BCUT2D eigenvalue weighted by atomic mass is 31.2. The molecule has 0 aliphatic rings. The zero-order chi connectivity index (χ0) is 23.4. The van der Waals surface area contributed by atoms with Crippen molar-refractivity contribution >= 4 is 7.60 Å². The van der Waals surface area contributed by atoms with Gasteiger partial charge in [0.05, 0.1) is 18.8 Å². The van der Waals surface area contributed by atoms with Crippen molar-refractivity contribution in [2.24, 2.45) is 0 Å². The zero-order valence-electron chi connectivity index (χ0n) is 19.8. The molecular formula is C28H36NO3P. The fraction of sp³-hybridized carbons (Fsp3) is 0.357. The van der Waals surface area contributed by atoms with Crippen LogP contribution in [-0.2, 0) is 19.2 Å². The van der Waals surface area contributed by atoms with Crippen LogP contribution < -0.4 is 5.32 Å². The summed E-state index contributed by atoms with van der Waals surface area (Å²) in [7, 11) is -3.35. The van der Waals surface area contributed by atoms with Crippen LogP contribution in [0.15, 0.2) is 91.0 Å². The lowest BCUT2D eigenvalue weighted by atomic mass is 9.77. The van der Waals surface area contributed by atoms with Crippen LogP contribution in [0, 0.1) is 0 Å². The second-order valence-electron chi connectivity index (χ2n) is 8.17. The normalized spacial score (nSPS) is 12.1. The Morgan fingerprint density at radius 2 is 1.03 bits per heavy atom. The van der Waals surface area contributed by atoms with Gasteiger partial charge in [0, 0.05) is 0 Å². The Morgan fingerprint density at radius 1 is 0.667 bits per heavy atom. The predicted molar refractivity (Wildman–Crippen MR) is 137 cm³/mol. The van der Waals surface area contributed by atoms with E-state index in [1.807, 2.05) is 54.6 Å². The van der Waals surface area contributed by atoms with E-state index in [0.717, 1.165) is 42.4 Å². The molecule has 33 heavy (non-hydrogen) atoms. The van der Waals surface area contributed by atoms with Crippen LogP contribution in [0.2, 0.25) is 0 Å². The minimum Gasteiger partial charge on any atom is -0.308 e. The summed E-state index contributed by atoms with van der Waals surface area (Å²) in [5, 5.41) is 3.66. The molecule has 0 radical (unpaired) electrons. The molecule has 0 saturated carbocycles. The molecule has 3 aromatic carbocycles. The Hall–Kier alpha value is -2.23. The molecule has 0 unspecified atom stereocenters. The summed E-state index contributed by atoms with van der Waals surface area (Å²) in [6, 6.07) is 30.9. The summed E-state index contributed by atoms with van der Waals surface area (Å²) >= 11 is 0. The van der Waals surface area contributed by atoms with Crippen LogP contribution in [-0.4, -0.2) is 19.5 Å². The summed E-state index contributed by atoms with van der Waals surface area (Å²) in [6.45, 7) is 5.04. The van der Waals surface area contributed by atoms with E-state index < -0.39 is 13.1 Å². The largest absolute Gasteiger partial charge is 0.344 e. The van der Waals surface area contributed by atoms with Gasteiger partial charge in [-0.1, -0.05) is 118 Å². The fourth-order valence-electron chi connectivity index (χ4n) is 3.91. The highest BCUT2D eigenvalue weighted by Crippen LogP contribution is 2.49. The molecule has 0 amide bonds. The van der Waals surface area contributed by atoms with Gasteiger partial charge < -0.3 is 9.05 Å². The smallest absolute Gasteiger partial charge is 0.308 e. The van der Waals surface area contributed by atoms with E-state index in [1.54, 1.807) is 0 Å². The van der Waals surface area contributed by atoms with Gasteiger partial charge in [0.1, 0.15) is 6.29 Å². The van der Waals surface area contributed by atoms with Gasteiger partial charge in [0.2, 0.25) is 0 Å². The quantitative estimate of drug-likeness (QED) is 0.154. The maximum atomic E-state index is 13.8. The standard InChI is InChI=1S/C28H36NO3P/c1-3-5-22-31-33(30,32-23-6-4-2)24-29-28(25-16-10-7-11-17-25,26-18-12-8-13-19-26)27-20-14-9-15-21-27/h7-21,29H,3-6,22-24H2,1-2H3. The lowest BCUT2D eigenvalue weighted by Gasteiger charge is -2.38. The van der Waals surface area contributed by atoms with Crippen molar-refractivity contribution in [3.8, 4) is 0 Å². The first kappa shape index (κ1) is 25.4. The van der Waals surface area contributed by atoms with Gasteiger partial charge >= 0.3 is 7.60 Å². The van der Waals surface area contributed by atoms with Gasteiger partial charge in [-0.05, 0) is 29.5 Å². The third-order valence-corrected chi connectivity index (χ3v) is 7.43. The van der Waals surface area contributed by atoms with E-state index in [9.17, 15) is 4.57 Å². The molecule has 4 nitrogen and oxygen atoms in total. The molecule has 0 bridgehead atoms. The minimum atomic E-state index is -3.35. The van der Waals surface area contributed by atoms with E-state index in [4.69, 9.17) is 9.05 Å². The molecule has 0 aromatic heterocycles. The number of nitrogens with one attached hydrogen (secondary N) is 1. The molecule has 0 aliphatic carbocycles. The van der Waals surface area contributed by atoms with Crippen molar-refractivity contribution in [3.63, 3.8) is 0 Å². The predicted octanol–water partition coefficient (Wildman–Crippen LogP) is 7.35. The zero-order valence-corrected chi connectivity index (χ0v) is 20.7. The average molecular weight is 466 g/mol. The SMILES string of the molecule is CCCCOP(=O)(CNC(c1ccccc1)(c1ccccc1)c1ccccc1)OCCCC. The molecule has 3 rings (SSSR count). The summed E-state index contributed by atoms with van der Waals surface area (Å²) in [4.78, 5) is 0. The van der Waals surface area contributed by atoms with Crippen LogP contribution in [0.3, 0.4) is 0 Å². The van der Waals surface area contributed by atoms with Gasteiger partial charge in [-0.25, -0.2) is 0 Å². The third kappa shape index (κ3) is 6.65. The average Bonchev–Trinajstić information content (AvgIpc) is 2.87. The second kappa shape index (κ2) is 12.9. The van der Waals surface area contributed by atoms with E-state index in [0.29, 0.717) is 13.2 Å². The van der Waals surface area contributed by atoms with E-state index in [-0.39, 0.29) is 6.29 Å². The summed E-state index contributed by atoms with van der Waals surface area (Å²) in [6.07, 6.45) is 3.76. The molecule has 0 saturated heterocycles. The van der Waals surface area contributed by atoms with E-state index >= 15 is 0 Å². The van der Waals surface area contributed by atoms with Crippen LogP contribution in [0.25, 0.3) is 0 Å². The topological polar surface area (TPSA) is 47.6 Å². The van der Waals surface area contributed by atoms with E-state index in [2.05, 4.69) is 55.6 Å². The molecule has 0 heterocycles. The first-order valence-electron chi connectivity index (χ1n) is 11.9. The van der Waals surface area contributed by atoms with Crippen molar-refractivity contribution in [2.75, 3.05) is 19.5 Å². The highest BCUT2D eigenvalue weighted by molar-refractivity contribution is 7.53. The Labute approximate surface area is 198 Å². The van der Waals surface area contributed by atoms with Gasteiger partial charge in [-0.2, -0.15) is 0 Å². The van der Waals surface area contributed by atoms with Gasteiger partial charge in [0.15, 0.2) is 0 Å². The third-order valence-electron chi connectivity index (χ3n) is 5.73. The monoisotopic (exact) mass is 465 g/mol. The summed E-state index contributed by atoms with van der Waals surface area (Å²) < 4.78 is 25.6. The number of unbranched alkanes of at least 4 members (excludes halogenated alkanes) is 2. The molecule has 0 aliphatic heterocycles. The van der Waals surface area contributed by atoms with Gasteiger partial charge in [-0.15, -0.1) is 0 Å². The lowest BCUT2D eigenvalue weighted by molar-refractivity contribution is 0.196. The second-order valence-corrected chi connectivity index (χ2v) is 10.2. The highest BCUT2D eigenvalue weighted by Gasteiger charge is 2.38. The molecule has 0 atom stereocenters. The molecule has 176 valence electrons. The maximum Gasteiger partial charge on any atom is 0.344 e. The van der Waals surface area contributed by atoms with Crippen molar-refractivity contribution < 1.29 is 13.6 Å². The Balaban J connectivity index is 2.04. The van der Waals surface area contributed by atoms with Crippen molar-refractivity contribution in [2.45, 2.75) is 45.1 Å². The van der Waals surface area contributed by atoms with Gasteiger partial charge in [0.25, 0.3) is 0 Å². The molecule has 3 aromatic rings. The Kier molecular flexibility index (Phi) is 9.90. The van der Waals surface area contributed by atoms with Crippen LogP contribution in [0.1, 0.15) is 56.2 Å². The van der Waals surface area contributed by atoms with Crippen LogP contribution in [0.4, 0.5) is 0 Å². The number of hydrogen-bond donors (Lipinski definition) is 1. The van der Waals surface area contributed by atoms with Crippen molar-refractivity contribution in [3.05, 3.63) is 108 Å². The van der Waals surface area contributed by atoms with Crippen molar-refractivity contribution in [1.29, 1.82) is 0 Å². The fourth-order valence-corrected chi connectivity index (χ4v) is 5.41. The molecule has 0 spiro atoms. The number of rotatable bonds is 14. The maximum absolute atomic E-state index is 13.8. The Bertz CT molecular complexity index is 869. The first-order chi connectivity index (χ1) is 16.1.